The lowest BCUT2D eigenvalue weighted by molar-refractivity contribution is 0.0945. The smallest absolute Gasteiger partial charge is 0.254 e. The van der Waals surface area contributed by atoms with Crippen LogP contribution in [-0.2, 0) is 19.4 Å². The van der Waals surface area contributed by atoms with Crippen LogP contribution in [0.1, 0.15) is 33.7 Å². The van der Waals surface area contributed by atoms with Crippen molar-refractivity contribution >= 4 is 5.91 Å². The molecule has 0 fully saturated rings. The number of fused-ring (bicyclic) bond motifs is 1. The van der Waals surface area contributed by atoms with Crippen molar-refractivity contribution in [2.24, 2.45) is 0 Å². The Morgan fingerprint density at radius 1 is 1.12 bits per heavy atom. The first kappa shape index (κ1) is 16.4. The van der Waals surface area contributed by atoms with Crippen molar-refractivity contribution in [2.45, 2.75) is 25.8 Å². The van der Waals surface area contributed by atoms with E-state index < -0.39 is 17.5 Å². The van der Waals surface area contributed by atoms with Gasteiger partial charge in [0.05, 0.1) is 23.5 Å². The Hall–Kier alpha value is -3.02. The molecule has 26 heavy (non-hydrogen) atoms. The summed E-state index contributed by atoms with van der Waals surface area (Å²) in [6, 6.07) is 12.7. The molecule has 4 nitrogen and oxygen atoms in total. The van der Waals surface area contributed by atoms with Crippen molar-refractivity contribution in [2.75, 3.05) is 0 Å². The number of hydrogen-bond donors (Lipinski definition) is 1. The number of benzene rings is 2. The molecule has 1 aliphatic carbocycles. The molecule has 6 heteroatoms. The van der Waals surface area contributed by atoms with Gasteiger partial charge in [-0.2, -0.15) is 5.10 Å². The molecule has 0 spiro atoms. The van der Waals surface area contributed by atoms with Gasteiger partial charge >= 0.3 is 0 Å². The van der Waals surface area contributed by atoms with E-state index in [1.807, 2.05) is 35.0 Å². The van der Waals surface area contributed by atoms with Gasteiger partial charge in [0.1, 0.15) is 11.6 Å². The Morgan fingerprint density at radius 2 is 1.92 bits per heavy atom. The number of nitrogens with zero attached hydrogens (tertiary/aromatic N) is 2. The SMILES string of the molecule is O=C(NCc1nn(-c2ccccc2)c2c1CCC2)c1cc(F)ccc1F. The summed E-state index contributed by atoms with van der Waals surface area (Å²) < 4.78 is 28.9. The van der Waals surface area contributed by atoms with E-state index in [1.54, 1.807) is 0 Å². The van der Waals surface area contributed by atoms with Crippen LogP contribution in [0.15, 0.2) is 48.5 Å². The van der Waals surface area contributed by atoms with E-state index in [-0.39, 0.29) is 12.1 Å². The Kier molecular flexibility index (Phi) is 4.24. The maximum absolute atomic E-state index is 13.7. The number of carbonyl (C=O) groups excluding carboxylic acids is 1. The fraction of sp³-hybridized carbons (Fsp3) is 0.200. The summed E-state index contributed by atoms with van der Waals surface area (Å²) in [5.74, 6) is -2.04. The van der Waals surface area contributed by atoms with Crippen LogP contribution in [0.3, 0.4) is 0 Å². The molecule has 3 aromatic rings. The van der Waals surface area contributed by atoms with Gasteiger partial charge in [-0.15, -0.1) is 0 Å². The third kappa shape index (κ3) is 2.98. The number of hydrogen-bond acceptors (Lipinski definition) is 2. The number of amides is 1. The fourth-order valence-corrected chi connectivity index (χ4v) is 3.37. The molecule has 0 bridgehead atoms. The largest absolute Gasteiger partial charge is 0.346 e. The number of nitrogens with one attached hydrogen (secondary N) is 1. The van der Waals surface area contributed by atoms with Gasteiger partial charge in [0, 0.05) is 5.69 Å². The molecule has 0 aliphatic heterocycles. The van der Waals surface area contributed by atoms with Crippen molar-refractivity contribution < 1.29 is 13.6 Å². The van der Waals surface area contributed by atoms with Crippen LogP contribution in [0.25, 0.3) is 5.69 Å². The topological polar surface area (TPSA) is 46.9 Å². The second-order valence-corrected chi connectivity index (χ2v) is 6.28. The van der Waals surface area contributed by atoms with Crippen LogP contribution in [0.2, 0.25) is 0 Å². The average Bonchev–Trinajstić information content (AvgIpc) is 3.25. The lowest BCUT2D eigenvalue weighted by atomic mass is 10.1. The molecule has 132 valence electrons. The third-order valence-electron chi connectivity index (χ3n) is 4.60. The standard InChI is InChI=1S/C20H17F2N3O/c21-13-9-10-17(22)16(11-13)20(26)23-12-18-15-7-4-8-19(15)25(24-18)14-5-2-1-3-6-14/h1-3,5-6,9-11H,4,7-8,12H2,(H,23,26). The minimum atomic E-state index is -0.746. The molecule has 0 radical (unpaired) electrons. The maximum atomic E-state index is 13.7. The van der Waals surface area contributed by atoms with Crippen LogP contribution in [-0.4, -0.2) is 15.7 Å². The zero-order valence-electron chi connectivity index (χ0n) is 14.0. The Bertz CT molecular complexity index is 967. The van der Waals surface area contributed by atoms with Crippen LogP contribution in [0.5, 0.6) is 0 Å². The summed E-state index contributed by atoms with van der Waals surface area (Å²) >= 11 is 0. The highest BCUT2D eigenvalue weighted by molar-refractivity contribution is 5.94. The maximum Gasteiger partial charge on any atom is 0.254 e. The van der Waals surface area contributed by atoms with Gasteiger partial charge in [-0.1, -0.05) is 18.2 Å². The number of halogens is 2. The van der Waals surface area contributed by atoms with Gasteiger partial charge in [-0.05, 0) is 55.2 Å². The second-order valence-electron chi connectivity index (χ2n) is 6.28. The lowest BCUT2D eigenvalue weighted by Crippen LogP contribution is -2.24. The normalized spacial score (nSPS) is 12.8. The molecule has 2 aromatic carbocycles. The predicted molar refractivity (Wildman–Crippen MR) is 93.1 cm³/mol. The fourth-order valence-electron chi connectivity index (χ4n) is 3.37. The zero-order valence-corrected chi connectivity index (χ0v) is 14.0. The van der Waals surface area contributed by atoms with Crippen LogP contribution in [0.4, 0.5) is 8.78 Å². The number of rotatable bonds is 4. The monoisotopic (exact) mass is 353 g/mol. The number of aromatic nitrogens is 2. The first-order valence-electron chi connectivity index (χ1n) is 8.52. The van der Waals surface area contributed by atoms with E-state index in [4.69, 9.17) is 0 Å². The Labute approximate surface area is 149 Å². The van der Waals surface area contributed by atoms with E-state index in [1.165, 1.54) is 0 Å². The van der Waals surface area contributed by atoms with Crippen molar-refractivity contribution in [3.05, 3.63) is 82.7 Å². The zero-order chi connectivity index (χ0) is 18.1. The highest BCUT2D eigenvalue weighted by Gasteiger charge is 2.23. The van der Waals surface area contributed by atoms with E-state index in [0.717, 1.165) is 60.1 Å². The quantitative estimate of drug-likeness (QED) is 0.779. The minimum Gasteiger partial charge on any atom is -0.346 e. The van der Waals surface area contributed by atoms with Crippen LogP contribution in [0, 0.1) is 11.6 Å². The number of carbonyl (C=O) groups is 1. The predicted octanol–water partition coefficient (Wildman–Crippen LogP) is 3.57. The molecule has 1 aliphatic rings. The lowest BCUT2D eigenvalue weighted by Gasteiger charge is -2.06. The van der Waals surface area contributed by atoms with Gasteiger partial charge < -0.3 is 5.32 Å². The van der Waals surface area contributed by atoms with Gasteiger partial charge in [-0.3, -0.25) is 4.79 Å². The molecular weight excluding hydrogens is 336 g/mol. The molecule has 0 saturated carbocycles. The summed E-state index contributed by atoms with van der Waals surface area (Å²) in [6.07, 6.45) is 2.88. The van der Waals surface area contributed by atoms with Crippen LogP contribution < -0.4 is 5.32 Å². The van der Waals surface area contributed by atoms with Gasteiger partial charge in [-0.25, -0.2) is 13.5 Å². The van der Waals surface area contributed by atoms with Crippen molar-refractivity contribution in [1.29, 1.82) is 0 Å². The molecular formula is C20H17F2N3O. The first-order valence-corrected chi connectivity index (χ1v) is 8.52. The molecule has 1 aromatic heterocycles. The Balaban J connectivity index is 1.58. The van der Waals surface area contributed by atoms with Crippen LogP contribution >= 0.6 is 0 Å². The van der Waals surface area contributed by atoms with E-state index in [9.17, 15) is 13.6 Å². The summed E-state index contributed by atoms with van der Waals surface area (Å²) in [4.78, 5) is 12.2. The van der Waals surface area contributed by atoms with Gasteiger partial charge in [0.2, 0.25) is 0 Å². The molecule has 4 rings (SSSR count). The molecule has 1 amide bonds. The number of para-hydroxylation sites is 1. The second kappa shape index (κ2) is 6.71. The molecule has 0 atom stereocenters. The highest BCUT2D eigenvalue weighted by Crippen LogP contribution is 2.27. The van der Waals surface area contributed by atoms with Crippen molar-refractivity contribution in [1.82, 2.24) is 15.1 Å². The summed E-state index contributed by atoms with van der Waals surface area (Å²) in [7, 11) is 0. The molecule has 0 unspecified atom stereocenters. The summed E-state index contributed by atoms with van der Waals surface area (Å²) in [6.45, 7) is 0.178. The molecule has 0 saturated heterocycles. The van der Waals surface area contributed by atoms with Gasteiger partial charge in [0.25, 0.3) is 5.91 Å². The summed E-state index contributed by atoms with van der Waals surface area (Å²) in [5.41, 5.74) is 3.72. The Morgan fingerprint density at radius 3 is 2.73 bits per heavy atom. The first-order chi connectivity index (χ1) is 12.6. The summed E-state index contributed by atoms with van der Waals surface area (Å²) in [5, 5.41) is 7.30. The van der Waals surface area contributed by atoms with E-state index in [0.29, 0.717) is 0 Å². The van der Waals surface area contributed by atoms with E-state index >= 15 is 0 Å². The highest BCUT2D eigenvalue weighted by atomic mass is 19.1. The van der Waals surface area contributed by atoms with Crippen molar-refractivity contribution in [3.63, 3.8) is 0 Å². The van der Waals surface area contributed by atoms with Crippen molar-refractivity contribution in [3.8, 4) is 5.69 Å². The average molecular weight is 353 g/mol. The molecule has 1 heterocycles. The molecule has 1 N–H and O–H groups in total. The van der Waals surface area contributed by atoms with Gasteiger partial charge in [0.15, 0.2) is 0 Å². The third-order valence-corrected chi connectivity index (χ3v) is 4.60. The van der Waals surface area contributed by atoms with E-state index in [2.05, 4.69) is 10.4 Å². The minimum absolute atomic E-state index is 0.178.